The molecular formula is C25H26N4O6S2. The number of aromatic nitrogens is 2. The summed E-state index contributed by atoms with van der Waals surface area (Å²) in [6, 6.07) is 14.7. The van der Waals surface area contributed by atoms with Crippen LogP contribution in [-0.4, -0.2) is 49.8 Å². The molecule has 0 bridgehead atoms. The van der Waals surface area contributed by atoms with Gasteiger partial charge in [0.2, 0.25) is 15.0 Å². The van der Waals surface area contributed by atoms with Crippen LogP contribution in [0.1, 0.15) is 24.5 Å². The summed E-state index contributed by atoms with van der Waals surface area (Å²) in [6.45, 7) is 5.15. The molecular weight excluding hydrogens is 516 g/mol. The molecule has 10 nitrogen and oxygen atoms in total. The van der Waals surface area contributed by atoms with E-state index in [1.807, 2.05) is 44.2 Å². The van der Waals surface area contributed by atoms with Gasteiger partial charge >= 0.3 is 0 Å². The third-order valence-corrected chi connectivity index (χ3v) is 6.33. The number of carbonyl (C=O) groups excluding carboxylic acids is 1. The van der Waals surface area contributed by atoms with Gasteiger partial charge in [0.15, 0.2) is 11.5 Å². The lowest BCUT2D eigenvalue weighted by molar-refractivity contribution is -0.112. The summed E-state index contributed by atoms with van der Waals surface area (Å²) in [7, 11) is -3.61. The predicted octanol–water partition coefficient (Wildman–Crippen LogP) is 4.04. The summed E-state index contributed by atoms with van der Waals surface area (Å²) in [4.78, 5) is 16.3. The average Bonchev–Trinajstić information content (AvgIpc) is 3.34. The first-order valence-electron chi connectivity index (χ1n) is 11.3. The first-order valence-corrected chi connectivity index (χ1v) is 13.9. The predicted molar refractivity (Wildman–Crippen MR) is 140 cm³/mol. The minimum absolute atomic E-state index is 0.0308. The molecule has 2 aromatic carbocycles. The minimum Gasteiger partial charge on any atom is -0.493 e. The number of nitrogens with one attached hydrogen (secondary N) is 1. The lowest BCUT2D eigenvalue weighted by Gasteiger charge is -2.13. The number of ether oxygens (including phenoxy) is 3. The van der Waals surface area contributed by atoms with Gasteiger partial charge in [0.05, 0.1) is 19.8 Å². The van der Waals surface area contributed by atoms with E-state index in [1.54, 1.807) is 18.2 Å². The number of nitrogens with zero attached hydrogens (tertiary/aromatic N) is 3. The number of benzene rings is 2. The zero-order valence-corrected chi connectivity index (χ0v) is 22.2. The van der Waals surface area contributed by atoms with Crippen molar-refractivity contribution in [3.8, 4) is 23.3 Å². The van der Waals surface area contributed by atoms with Crippen molar-refractivity contribution in [2.45, 2.75) is 25.4 Å². The topological polar surface area (TPSA) is 140 Å². The molecule has 37 heavy (non-hydrogen) atoms. The number of hydrogen-bond acceptors (Lipinski definition) is 10. The van der Waals surface area contributed by atoms with E-state index in [9.17, 15) is 18.5 Å². The number of carbonyl (C=O) groups is 1. The van der Waals surface area contributed by atoms with Crippen molar-refractivity contribution in [3.63, 3.8) is 0 Å². The summed E-state index contributed by atoms with van der Waals surface area (Å²) >= 11 is 0.706. The first-order chi connectivity index (χ1) is 17.7. The monoisotopic (exact) mass is 542 g/mol. The van der Waals surface area contributed by atoms with E-state index in [0.717, 1.165) is 12.0 Å². The van der Waals surface area contributed by atoms with Gasteiger partial charge in [0, 0.05) is 24.2 Å². The van der Waals surface area contributed by atoms with Crippen LogP contribution < -0.4 is 19.5 Å². The molecule has 0 radical (unpaired) electrons. The molecule has 194 valence electrons. The maximum atomic E-state index is 12.5. The lowest BCUT2D eigenvalue weighted by Crippen LogP contribution is -2.13. The number of rotatable bonds is 12. The van der Waals surface area contributed by atoms with Crippen molar-refractivity contribution in [1.29, 1.82) is 5.26 Å². The molecule has 1 amide bonds. The fourth-order valence-corrected chi connectivity index (χ4v) is 4.40. The highest BCUT2D eigenvalue weighted by Crippen LogP contribution is 2.30. The van der Waals surface area contributed by atoms with Crippen molar-refractivity contribution in [2.24, 2.45) is 0 Å². The number of aryl methyl sites for hydroxylation is 1. The lowest BCUT2D eigenvalue weighted by atomic mass is 10.1. The summed E-state index contributed by atoms with van der Waals surface area (Å²) < 4.78 is 44.0. The minimum atomic E-state index is -3.61. The van der Waals surface area contributed by atoms with Gasteiger partial charge in [0.25, 0.3) is 11.1 Å². The number of amides is 1. The molecule has 3 aromatic rings. The quantitative estimate of drug-likeness (QED) is 0.204. The Hall–Kier alpha value is -3.95. The number of hydrogen-bond donors (Lipinski definition) is 1. The summed E-state index contributed by atoms with van der Waals surface area (Å²) in [6.07, 6.45) is 3.01. The molecule has 0 fully saturated rings. The largest absolute Gasteiger partial charge is 0.493 e. The highest BCUT2D eigenvalue weighted by atomic mass is 32.2. The van der Waals surface area contributed by atoms with E-state index in [4.69, 9.17) is 14.2 Å². The number of nitriles is 1. The van der Waals surface area contributed by atoms with Crippen molar-refractivity contribution in [1.82, 2.24) is 9.36 Å². The van der Waals surface area contributed by atoms with Crippen LogP contribution in [0, 0.1) is 18.3 Å². The molecule has 3 rings (SSSR count). The van der Waals surface area contributed by atoms with Crippen LogP contribution in [0.5, 0.6) is 17.2 Å². The van der Waals surface area contributed by atoms with E-state index in [2.05, 4.69) is 14.7 Å². The summed E-state index contributed by atoms with van der Waals surface area (Å²) in [5.41, 5.74) is 1.50. The standard InChI is InChI=1S/C25H26N4O6S2/c1-4-33-22-15-18(8-11-21(22)35-13-5-12-34-20-9-6-17(2)7-10-20)14-19(16-26)23(30)27-24-28-25(29-36-24)37(3,31)32/h6-11,14-15H,4-5,12-13H2,1-3H3,(H,27,28,29,30). The van der Waals surface area contributed by atoms with Crippen LogP contribution >= 0.6 is 11.5 Å². The van der Waals surface area contributed by atoms with Gasteiger partial charge < -0.3 is 14.2 Å². The fourth-order valence-electron chi connectivity index (χ4n) is 2.96. The Balaban J connectivity index is 1.62. The van der Waals surface area contributed by atoms with Crippen LogP contribution in [0.3, 0.4) is 0 Å². The van der Waals surface area contributed by atoms with Gasteiger partial charge in [-0.15, -0.1) is 0 Å². The highest BCUT2D eigenvalue weighted by molar-refractivity contribution is 7.90. The van der Waals surface area contributed by atoms with Gasteiger partial charge in [-0.1, -0.05) is 23.8 Å². The highest BCUT2D eigenvalue weighted by Gasteiger charge is 2.18. The Labute approximate surface area is 219 Å². The second-order valence-corrected chi connectivity index (χ2v) is 10.4. The zero-order chi connectivity index (χ0) is 26.8. The summed E-state index contributed by atoms with van der Waals surface area (Å²) in [5, 5.41) is 11.5. The Morgan fingerprint density at radius 3 is 2.49 bits per heavy atom. The molecule has 0 aliphatic heterocycles. The van der Waals surface area contributed by atoms with E-state index in [1.165, 1.54) is 11.6 Å². The van der Waals surface area contributed by atoms with Crippen LogP contribution in [0.4, 0.5) is 5.13 Å². The van der Waals surface area contributed by atoms with Crippen molar-refractivity contribution in [2.75, 3.05) is 31.4 Å². The number of sulfone groups is 1. The molecule has 0 aliphatic carbocycles. The molecule has 0 atom stereocenters. The first kappa shape index (κ1) is 27.6. The molecule has 1 N–H and O–H groups in total. The van der Waals surface area contributed by atoms with Crippen LogP contribution in [0.25, 0.3) is 6.08 Å². The van der Waals surface area contributed by atoms with E-state index >= 15 is 0 Å². The van der Waals surface area contributed by atoms with Crippen molar-refractivity contribution >= 4 is 38.5 Å². The third-order valence-electron chi connectivity index (χ3n) is 4.74. The Morgan fingerprint density at radius 1 is 1.11 bits per heavy atom. The molecule has 0 saturated carbocycles. The second-order valence-electron chi connectivity index (χ2n) is 7.78. The van der Waals surface area contributed by atoms with E-state index in [-0.39, 0.29) is 10.7 Å². The SMILES string of the molecule is CCOc1cc(C=C(C#N)C(=O)Nc2nc(S(C)(=O)=O)ns2)ccc1OCCCOc1ccc(C)cc1. The normalized spacial score (nSPS) is 11.5. The van der Waals surface area contributed by atoms with Crippen LogP contribution in [-0.2, 0) is 14.6 Å². The van der Waals surface area contributed by atoms with E-state index in [0.29, 0.717) is 54.8 Å². The zero-order valence-electron chi connectivity index (χ0n) is 20.6. The van der Waals surface area contributed by atoms with Gasteiger partial charge in [-0.25, -0.2) is 8.42 Å². The summed E-state index contributed by atoms with van der Waals surface area (Å²) in [5.74, 6) is 1.05. The van der Waals surface area contributed by atoms with Crippen LogP contribution in [0.2, 0.25) is 0 Å². The molecule has 12 heteroatoms. The fraction of sp³-hybridized carbons (Fsp3) is 0.280. The number of anilines is 1. The Morgan fingerprint density at radius 2 is 1.84 bits per heavy atom. The smallest absolute Gasteiger partial charge is 0.268 e. The molecule has 0 unspecified atom stereocenters. The van der Waals surface area contributed by atoms with Crippen LogP contribution in [0.15, 0.2) is 53.2 Å². The average molecular weight is 543 g/mol. The Bertz CT molecular complexity index is 1410. The maximum Gasteiger partial charge on any atom is 0.268 e. The van der Waals surface area contributed by atoms with Gasteiger partial charge in [-0.05, 0) is 49.8 Å². The van der Waals surface area contributed by atoms with Gasteiger partial charge in [0.1, 0.15) is 17.4 Å². The molecule has 1 aromatic heterocycles. The second kappa shape index (κ2) is 12.8. The molecule has 0 saturated heterocycles. The maximum absolute atomic E-state index is 12.5. The van der Waals surface area contributed by atoms with Gasteiger partial charge in [-0.2, -0.15) is 14.6 Å². The van der Waals surface area contributed by atoms with E-state index < -0.39 is 20.9 Å². The van der Waals surface area contributed by atoms with Crippen molar-refractivity contribution < 1.29 is 27.4 Å². The van der Waals surface area contributed by atoms with Gasteiger partial charge in [-0.3, -0.25) is 10.1 Å². The van der Waals surface area contributed by atoms with Crippen molar-refractivity contribution in [3.05, 3.63) is 59.2 Å². The third kappa shape index (κ3) is 8.30. The Kier molecular flexibility index (Phi) is 9.59. The molecule has 1 heterocycles. The molecule has 0 aliphatic rings. The molecule has 0 spiro atoms.